The van der Waals surface area contributed by atoms with Crippen molar-refractivity contribution in [1.29, 1.82) is 0 Å². The third kappa shape index (κ3) is 5.04. The molecule has 1 unspecified atom stereocenters. The average molecular weight is 716 g/mol. The van der Waals surface area contributed by atoms with Crippen molar-refractivity contribution >= 4 is 0 Å². The van der Waals surface area contributed by atoms with E-state index in [-0.39, 0.29) is 0 Å². The number of nitrogens with zero attached hydrogens (tertiary/aromatic N) is 3. The van der Waals surface area contributed by atoms with Crippen LogP contribution in [0.2, 0.25) is 0 Å². The minimum atomic E-state index is -0.745. The Morgan fingerprint density at radius 1 is 0.286 bits per heavy atom. The van der Waals surface area contributed by atoms with Gasteiger partial charge in [0.25, 0.3) is 0 Å². The highest BCUT2D eigenvalue weighted by Crippen LogP contribution is 2.58. The van der Waals surface area contributed by atoms with Gasteiger partial charge in [0.15, 0.2) is 23.1 Å². The molecule has 0 amide bonds. The summed E-state index contributed by atoms with van der Waals surface area (Å²) in [5, 5.41) is 0. The molecule has 0 radical (unpaired) electrons. The van der Waals surface area contributed by atoms with Crippen molar-refractivity contribution in [3.63, 3.8) is 0 Å². The maximum atomic E-state index is 7.17. The van der Waals surface area contributed by atoms with Crippen LogP contribution in [0.4, 0.5) is 0 Å². The van der Waals surface area contributed by atoms with Crippen molar-refractivity contribution in [3.05, 3.63) is 217 Å². The van der Waals surface area contributed by atoms with E-state index in [1.807, 2.05) is 42.5 Å². The number of para-hydroxylation sites is 1. The van der Waals surface area contributed by atoms with Crippen LogP contribution in [0, 0.1) is 0 Å². The zero-order valence-electron chi connectivity index (χ0n) is 30.3. The van der Waals surface area contributed by atoms with Gasteiger partial charge in [-0.2, -0.15) is 0 Å². The maximum absolute atomic E-state index is 7.17. The number of benzene rings is 8. The molecule has 0 saturated heterocycles. The molecular formula is C52H33N3O. The molecule has 1 spiro atoms. The Labute approximate surface area is 325 Å². The van der Waals surface area contributed by atoms with E-state index in [0.717, 1.165) is 61.4 Å². The van der Waals surface area contributed by atoms with Crippen molar-refractivity contribution in [3.8, 4) is 84.4 Å². The van der Waals surface area contributed by atoms with Crippen LogP contribution in [0.3, 0.4) is 0 Å². The van der Waals surface area contributed by atoms with Crippen LogP contribution in [-0.4, -0.2) is 15.0 Å². The second kappa shape index (κ2) is 12.9. The van der Waals surface area contributed by atoms with Crippen LogP contribution >= 0.6 is 0 Å². The van der Waals surface area contributed by atoms with Crippen LogP contribution in [0.15, 0.2) is 200 Å². The van der Waals surface area contributed by atoms with Gasteiger partial charge in [0.05, 0.1) is 0 Å². The molecule has 4 nitrogen and oxygen atoms in total. The molecule has 0 fully saturated rings. The Hall–Kier alpha value is -7.43. The third-order valence-electron chi connectivity index (χ3n) is 11.1. The molecule has 56 heavy (non-hydrogen) atoms. The SMILES string of the molecule is c1ccc(-c2nc(-c3ccc(-c4ccc5c(c4)-c4ccccc4C54Oc5ccccc5-c5ccccc54)cc3)nc(-c3ccccc3-c3ccccc3)n2)cc1. The quantitative estimate of drug-likeness (QED) is 0.178. The Morgan fingerprint density at radius 3 is 1.41 bits per heavy atom. The van der Waals surface area contributed by atoms with Gasteiger partial charge in [-0.25, -0.2) is 15.0 Å². The molecule has 1 aliphatic carbocycles. The number of fused-ring (bicyclic) bond motifs is 9. The predicted octanol–water partition coefficient (Wildman–Crippen LogP) is 12.5. The van der Waals surface area contributed by atoms with Crippen LogP contribution in [0.1, 0.15) is 16.7 Å². The Balaban J connectivity index is 1.01. The van der Waals surface area contributed by atoms with Gasteiger partial charge in [0.1, 0.15) is 5.75 Å². The van der Waals surface area contributed by atoms with E-state index in [9.17, 15) is 0 Å². The molecule has 1 aliphatic heterocycles. The standard InChI is InChI=1S/C52H33N3O/c1-3-15-35(16-4-1)39-19-7-8-23-43(39)51-54-49(36-17-5-2-6-18-36)53-50(55-51)37-29-27-34(28-30-37)38-31-32-47-44(33-38)41-21-10-13-25-46(41)52(47)45-24-12-9-20-40(45)42-22-11-14-26-48(42)56-52/h1-33H. The third-order valence-corrected chi connectivity index (χ3v) is 11.1. The monoisotopic (exact) mass is 715 g/mol. The van der Waals surface area contributed by atoms with Crippen LogP contribution in [-0.2, 0) is 5.60 Å². The predicted molar refractivity (Wildman–Crippen MR) is 225 cm³/mol. The topological polar surface area (TPSA) is 47.9 Å². The zero-order valence-corrected chi connectivity index (χ0v) is 30.3. The number of rotatable bonds is 5. The van der Waals surface area contributed by atoms with E-state index < -0.39 is 5.60 Å². The lowest BCUT2D eigenvalue weighted by Gasteiger charge is -2.39. The summed E-state index contributed by atoms with van der Waals surface area (Å²) in [4.78, 5) is 15.2. The molecule has 4 heteroatoms. The lowest BCUT2D eigenvalue weighted by molar-refractivity contribution is 0.157. The lowest BCUT2D eigenvalue weighted by atomic mass is 9.77. The highest BCUT2D eigenvalue weighted by molar-refractivity contribution is 5.90. The number of hydrogen-bond acceptors (Lipinski definition) is 4. The molecular weight excluding hydrogens is 683 g/mol. The van der Waals surface area contributed by atoms with Gasteiger partial charge in [-0.1, -0.05) is 188 Å². The first kappa shape index (κ1) is 32.0. The first-order valence-corrected chi connectivity index (χ1v) is 18.9. The van der Waals surface area contributed by atoms with E-state index in [2.05, 4.69) is 158 Å². The Bertz CT molecular complexity index is 2940. The smallest absolute Gasteiger partial charge is 0.186 e. The summed E-state index contributed by atoms with van der Waals surface area (Å²) in [7, 11) is 0. The minimum absolute atomic E-state index is 0.626. The van der Waals surface area contributed by atoms with Gasteiger partial charge in [-0.05, 0) is 51.1 Å². The summed E-state index contributed by atoms with van der Waals surface area (Å²) in [6, 6.07) is 69.9. The number of aromatic nitrogens is 3. The summed E-state index contributed by atoms with van der Waals surface area (Å²) in [5.41, 5.74) is 14.7. The van der Waals surface area contributed by atoms with E-state index in [1.54, 1.807) is 0 Å². The second-order valence-electron chi connectivity index (χ2n) is 14.3. The van der Waals surface area contributed by atoms with Gasteiger partial charge in [0, 0.05) is 38.9 Å². The fourth-order valence-electron chi connectivity index (χ4n) is 8.55. The van der Waals surface area contributed by atoms with Gasteiger partial charge in [0.2, 0.25) is 0 Å². The van der Waals surface area contributed by atoms with Gasteiger partial charge >= 0.3 is 0 Å². The van der Waals surface area contributed by atoms with E-state index in [4.69, 9.17) is 19.7 Å². The van der Waals surface area contributed by atoms with Gasteiger partial charge in [-0.3, -0.25) is 0 Å². The van der Waals surface area contributed by atoms with Crippen molar-refractivity contribution in [2.45, 2.75) is 5.60 Å². The maximum Gasteiger partial charge on any atom is 0.186 e. The van der Waals surface area contributed by atoms with E-state index in [0.29, 0.717) is 17.5 Å². The summed E-state index contributed by atoms with van der Waals surface area (Å²) in [6.07, 6.45) is 0. The minimum Gasteiger partial charge on any atom is -0.472 e. The van der Waals surface area contributed by atoms with Crippen LogP contribution in [0.25, 0.3) is 78.7 Å². The highest BCUT2D eigenvalue weighted by atomic mass is 16.5. The number of hydrogen-bond donors (Lipinski definition) is 0. The summed E-state index contributed by atoms with van der Waals surface area (Å²) in [6.45, 7) is 0. The molecule has 0 saturated carbocycles. The molecule has 11 rings (SSSR count). The molecule has 2 heterocycles. The molecule has 8 aromatic carbocycles. The molecule has 0 N–H and O–H groups in total. The normalized spacial score (nSPS) is 14.6. The van der Waals surface area contributed by atoms with Crippen molar-refractivity contribution in [1.82, 2.24) is 15.0 Å². The Morgan fingerprint density at radius 2 is 0.732 bits per heavy atom. The molecule has 262 valence electrons. The first-order chi connectivity index (χ1) is 27.7. The van der Waals surface area contributed by atoms with Crippen molar-refractivity contribution < 1.29 is 4.74 Å². The molecule has 2 aliphatic rings. The summed E-state index contributed by atoms with van der Waals surface area (Å²) >= 11 is 0. The highest BCUT2D eigenvalue weighted by Gasteiger charge is 2.50. The lowest BCUT2D eigenvalue weighted by Crippen LogP contribution is -2.36. The second-order valence-corrected chi connectivity index (χ2v) is 14.3. The fraction of sp³-hybridized carbons (Fsp3) is 0.0192. The van der Waals surface area contributed by atoms with Crippen LogP contribution in [0.5, 0.6) is 5.75 Å². The van der Waals surface area contributed by atoms with E-state index >= 15 is 0 Å². The van der Waals surface area contributed by atoms with Crippen molar-refractivity contribution in [2.24, 2.45) is 0 Å². The summed E-state index contributed by atoms with van der Waals surface area (Å²) < 4.78 is 7.17. The van der Waals surface area contributed by atoms with Crippen molar-refractivity contribution in [2.75, 3.05) is 0 Å². The fourth-order valence-corrected chi connectivity index (χ4v) is 8.55. The van der Waals surface area contributed by atoms with Gasteiger partial charge < -0.3 is 4.74 Å². The molecule has 1 aromatic heterocycles. The van der Waals surface area contributed by atoms with E-state index in [1.165, 1.54) is 22.3 Å². The summed E-state index contributed by atoms with van der Waals surface area (Å²) in [5.74, 6) is 2.80. The zero-order chi connectivity index (χ0) is 37.1. The molecule has 1 atom stereocenters. The molecule has 0 bridgehead atoms. The largest absolute Gasteiger partial charge is 0.472 e. The first-order valence-electron chi connectivity index (χ1n) is 18.9. The molecule has 9 aromatic rings. The Kier molecular flexibility index (Phi) is 7.36. The average Bonchev–Trinajstić information content (AvgIpc) is 3.55. The van der Waals surface area contributed by atoms with Gasteiger partial charge in [-0.15, -0.1) is 0 Å². The van der Waals surface area contributed by atoms with Crippen LogP contribution < -0.4 is 4.74 Å². The number of ether oxygens (including phenoxy) is 1.